The van der Waals surface area contributed by atoms with Crippen LogP contribution in [0.25, 0.3) is 10.2 Å². The van der Waals surface area contributed by atoms with Gasteiger partial charge in [0.25, 0.3) is 5.69 Å². The molecule has 0 fully saturated rings. The number of aromatic nitrogens is 1. The van der Waals surface area contributed by atoms with Crippen LogP contribution in [0.3, 0.4) is 0 Å². The number of nitro benzene ring substituents is 1. The van der Waals surface area contributed by atoms with Crippen LogP contribution >= 0.6 is 11.3 Å². The molecule has 7 heteroatoms. The van der Waals surface area contributed by atoms with Crippen molar-refractivity contribution in [3.05, 3.63) is 27.3 Å². The van der Waals surface area contributed by atoms with Gasteiger partial charge < -0.3 is 10.2 Å². The molecule has 0 radical (unpaired) electrons. The molecule has 0 aliphatic heterocycles. The van der Waals surface area contributed by atoms with Crippen molar-refractivity contribution < 1.29 is 4.92 Å². The average Bonchev–Trinajstić information content (AvgIpc) is 2.73. The molecule has 2 rings (SSSR count). The van der Waals surface area contributed by atoms with E-state index in [-0.39, 0.29) is 10.6 Å². The third kappa shape index (κ3) is 2.82. The molecule has 6 nitrogen and oxygen atoms in total. The Morgan fingerprint density at radius 3 is 2.89 bits per heavy atom. The SMILES string of the molecule is CNCCN(C)c1cc2nc(C)sc2cc1[N+](=O)[O-]. The van der Waals surface area contributed by atoms with Gasteiger partial charge in [-0.25, -0.2) is 4.98 Å². The summed E-state index contributed by atoms with van der Waals surface area (Å²) in [5, 5.41) is 15.1. The Balaban J connectivity index is 2.49. The lowest BCUT2D eigenvalue weighted by atomic mass is 10.2. The summed E-state index contributed by atoms with van der Waals surface area (Å²) in [6, 6.07) is 3.41. The number of hydrogen-bond donors (Lipinski definition) is 1. The number of fused-ring (bicyclic) bond motifs is 1. The normalized spacial score (nSPS) is 10.9. The van der Waals surface area contributed by atoms with E-state index < -0.39 is 0 Å². The minimum absolute atomic E-state index is 0.134. The molecule has 19 heavy (non-hydrogen) atoms. The number of nitro groups is 1. The molecule has 0 atom stereocenters. The van der Waals surface area contributed by atoms with E-state index in [1.54, 1.807) is 12.1 Å². The molecule has 0 bridgehead atoms. The van der Waals surface area contributed by atoms with Crippen LogP contribution in [0.1, 0.15) is 5.01 Å². The van der Waals surface area contributed by atoms with Gasteiger partial charge in [-0.15, -0.1) is 11.3 Å². The summed E-state index contributed by atoms with van der Waals surface area (Å²) in [4.78, 5) is 17.1. The maximum absolute atomic E-state index is 11.2. The summed E-state index contributed by atoms with van der Waals surface area (Å²) in [5.41, 5.74) is 1.56. The quantitative estimate of drug-likeness (QED) is 0.671. The van der Waals surface area contributed by atoms with E-state index in [4.69, 9.17) is 0 Å². The van der Waals surface area contributed by atoms with E-state index >= 15 is 0 Å². The van der Waals surface area contributed by atoms with Crippen LogP contribution in [0.2, 0.25) is 0 Å². The molecular formula is C12H16N4O2S. The maximum Gasteiger partial charge on any atom is 0.294 e. The fourth-order valence-corrected chi connectivity index (χ4v) is 2.76. The summed E-state index contributed by atoms with van der Waals surface area (Å²) in [7, 11) is 3.71. The molecule has 0 aliphatic rings. The second kappa shape index (κ2) is 5.50. The molecule has 1 aromatic heterocycles. The first-order chi connectivity index (χ1) is 9.02. The third-order valence-electron chi connectivity index (χ3n) is 2.90. The summed E-state index contributed by atoms with van der Waals surface area (Å²) in [5.74, 6) is 0. The minimum Gasteiger partial charge on any atom is -0.368 e. The Kier molecular flexibility index (Phi) is 3.96. The van der Waals surface area contributed by atoms with Crippen LogP contribution in [-0.2, 0) is 0 Å². The van der Waals surface area contributed by atoms with E-state index in [0.717, 1.165) is 21.8 Å². The second-order valence-corrected chi connectivity index (χ2v) is 5.56. The lowest BCUT2D eigenvalue weighted by Crippen LogP contribution is -2.27. The zero-order valence-electron chi connectivity index (χ0n) is 11.1. The molecule has 0 unspecified atom stereocenters. The Morgan fingerprint density at radius 1 is 1.53 bits per heavy atom. The number of nitrogens with one attached hydrogen (secondary N) is 1. The fourth-order valence-electron chi connectivity index (χ4n) is 1.92. The molecule has 0 saturated heterocycles. The van der Waals surface area contributed by atoms with Crippen LogP contribution in [0.5, 0.6) is 0 Å². The molecule has 0 spiro atoms. The van der Waals surface area contributed by atoms with Crippen molar-refractivity contribution in [1.82, 2.24) is 10.3 Å². The number of rotatable bonds is 5. The molecule has 0 amide bonds. The molecular weight excluding hydrogens is 264 g/mol. The molecule has 2 aromatic rings. The van der Waals surface area contributed by atoms with Gasteiger partial charge in [0.15, 0.2) is 0 Å². The summed E-state index contributed by atoms with van der Waals surface area (Å²) >= 11 is 1.48. The lowest BCUT2D eigenvalue weighted by Gasteiger charge is -2.18. The van der Waals surface area contributed by atoms with E-state index in [0.29, 0.717) is 12.2 Å². The van der Waals surface area contributed by atoms with Crippen molar-refractivity contribution in [3.63, 3.8) is 0 Å². The summed E-state index contributed by atoms with van der Waals surface area (Å²) in [6.07, 6.45) is 0. The van der Waals surface area contributed by atoms with Crippen LogP contribution in [0, 0.1) is 17.0 Å². The Bertz CT molecular complexity index is 611. The van der Waals surface area contributed by atoms with Crippen molar-refractivity contribution in [1.29, 1.82) is 0 Å². The summed E-state index contributed by atoms with van der Waals surface area (Å²) < 4.78 is 0.856. The number of likely N-dealkylation sites (N-methyl/N-ethyl adjacent to an activating group) is 2. The lowest BCUT2D eigenvalue weighted by molar-refractivity contribution is -0.384. The largest absolute Gasteiger partial charge is 0.368 e. The van der Waals surface area contributed by atoms with Crippen LogP contribution in [-0.4, -0.2) is 37.1 Å². The minimum atomic E-state index is -0.334. The van der Waals surface area contributed by atoms with Gasteiger partial charge in [0.1, 0.15) is 5.69 Å². The molecule has 1 aromatic carbocycles. The topological polar surface area (TPSA) is 71.3 Å². The van der Waals surface area contributed by atoms with Gasteiger partial charge in [0.2, 0.25) is 0 Å². The highest BCUT2D eigenvalue weighted by molar-refractivity contribution is 7.18. The highest BCUT2D eigenvalue weighted by Crippen LogP contribution is 2.34. The second-order valence-electron chi connectivity index (χ2n) is 4.32. The van der Waals surface area contributed by atoms with Crippen LogP contribution in [0.4, 0.5) is 11.4 Å². The molecule has 0 aliphatic carbocycles. The zero-order valence-corrected chi connectivity index (χ0v) is 12.0. The number of anilines is 1. The van der Waals surface area contributed by atoms with Gasteiger partial charge in [0.05, 0.1) is 20.1 Å². The molecule has 102 valence electrons. The van der Waals surface area contributed by atoms with Crippen molar-refractivity contribution in [2.75, 3.05) is 32.1 Å². The van der Waals surface area contributed by atoms with Gasteiger partial charge >= 0.3 is 0 Å². The van der Waals surface area contributed by atoms with E-state index in [1.807, 2.05) is 25.9 Å². The highest BCUT2D eigenvalue weighted by Gasteiger charge is 2.19. The smallest absolute Gasteiger partial charge is 0.294 e. The zero-order chi connectivity index (χ0) is 14.0. The monoisotopic (exact) mass is 280 g/mol. The number of nitrogens with zero attached hydrogens (tertiary/aromatic N) is 3. The molecule has 1 heterocycles. The van der Waals surface area contributed by atoms with Crippen LogP contribution < -0.4 is 10.2 Å². The van der Waals surface area contributed by atoms with Gasteiger partial charge in [0, 0.05) is 26.2 Å². The predicted octanol–water partition coefficient (Wildman–Crippen LogP) is 2.17. The van der Waals surface area contributed by atoms with E-state index in [1.165, 1.54) is 11.3 Å². The van der Waals surface area contributed by atoms with Gasteiger partial charge in [-0.2, -0.15) is 0 Å². The van der Waals surface area contributed by atoms with Crippen molar-refractivity contribution in [3.8, 4) is 0 Å². The first kappa shape index (κ1) is 13.7. The highest BCUT2D eigenvalue weighted by atomic mass is 32.1. The molecule has 0 saturated carbocycles. The van der Waals surface area contributed by atoms with Gasteiger partial charge in [-0.05, 0) is 20.0 Å². The van der Waals surface area contributed by atoms with Crippen molar-refractivity contribution in [2.24, 2.45) is 0 Å². The van der Waals surface area contributed by atoms with Crippen molar-refractivity contribution >= 4 is 32.9 Å². The molecule has 1 N–H and O–H groups in total. The first-order valence-electron chi connectivity index (χ1n) is 5.94. The van der Waals surface area contributed by atoms with Crippen molar-refractivity contribution in [2.45, 2.75) is 6.92 Å². The van der Waals surface area contributed by atoms with E-state index in [9.17, 15) is 10.1 Å². The van der Waals surface area contributed by atoms with E-state index in [2.05, 4.69) is 10.3 Å². The van der Waals surface area contributed by atoms with Gasteiger partial charge in [-0.3, -0.25) is 10.1 Å². The maximum atomic E-state index is 11.2. The average molecular weight is 280 g/mol. The standard InChI is InChI=1S/C12H16N4O2S/c1-8-14-9-6-10(15(3)5-4-13-2)11(16(17)18)7-12(9)19-8/h6-7,13H,4-5H2,1-3H3. The fraction of sp³-hybridized carbons (Fsp3) is 0.417. The number of hydrogen-bond acceptors (Lipinski definition) is 6. The third-order valence-corrected chi connectivity index (χ3v) is 3.83. The number of thiazole rings is 1. The first-order valence-corrected chi connectivity index (χ1v) is 6.76. The Morgan fingerprint density at radius 2 is 2.26 bits per heavy atom. The Labute approximate surface area is 115 Å². The number of aryl methyl sites for hydroxylation is 1. The number of benzene rings is 1. The predicted molar refractivity (Wildman–Crippen MR) is 78.2 cm³/mol. The summed E-state index contributed by atoms with van der Waals surface area (Å²) in [6.45, 7) is 3.37. The van der Waals surface area contributed by atoms with Crippen LogP contribution in [0.15, 0.2) is 12.1 Å². The van der Waals surface area contributed by atoms with Gasteiger partial charge in [-0.1, -0.05) is 0 Å². The Hall–Kier alpha value is -1.73.